The Hall–Kier alpha value is -2.92. The van der Waals surface area contributed by atoms with E-state index in [1.54, 1.807) is 36.7 Å². The van der Waals surface area contributed by atoms with Crippen LogP contribution in [0.3, 0.4) is 0 Å². The number of fused-ring (bicyclic) bond motifs is 1. The molecule has 0 amide bonds. The second kappa shape index (κ2) is 7.14. The Labute approximate surface area is 159 Å². The quantitative estimate of drug-likeness (QED) is 0.568. The zero-order valence-corrected chi connectivity index (χ0v) is 15.3. The number of aromatic nitrogens is 1. The molecule has 5 heteroatoms. The molecule has 0 N–H and O–H groups in total. The lowest BCUT2D eigenvalue weighted by Crippen LogP contribution is -1.98. The van der Waals surface area contributed by atoms with E-state index in [0.717, 1.165) is 15.6 Å². The van der Waals surface area contributed by atoms with E-state index in [-0.39, 0.29) is 5.78 Å². The lowest BCUT2D eigenvalue weighted by atomic mass is 10.1. The molecule has 2 aromatic carbocycles. The molecular weight excluding hydrogens is 394 g/mol. The van der Waals surface area contributed by atoms with Gasteiger partial charge in [0.25, 0.3) is 0 Å². The molecule has 1 aliphatic rings. The van der Waals surface area contributed by atoms with Crippen molar-refractivity contribution in [1.29, 1.82) is 0 Å². The maximum absolute atomic E-state index is 12.5. The number of rotatable bonds is 4. The van der Waals surface area contributed by atoms with E-state index < -0.39 is 0 Å². The highest BCUT2D eigenvalue weighted by Crippen LogP contribution is 2.35. The molecule has 0 saturated carbocycles. The number of allylic oxidation sites excluding steroid dienone is 1. The second-order valence-electron chi connectivity index (χ2n) is 5.79. The Balaban J connectivity index is 1.50. The van der Waals surface area contributed by atoms with Crippen LogP contribution in [-0.4, -0.2) is 10.8 Å². The van der Waals surface area contributed by atoms with E-state index in [1.165, 1.54) is 0 Å². The first-order valence-electron chi connectivity index (χ1n) is 8.04. The second-order valence-corrected chi connectivity index (χ2v) is 6.71. The topological polar surface area (TPSA) is 48.4 Å². The average molecular weight is 408 g/mol. The van der Waals surface area contributed by atoms with E-state index in [2.05, 4.69) is 20.9 Å². The average Bonchev–Trinajstić information content (AvgIpc) is 2.97. The van der Waals surface area contributed by atoms with Crippen LogP contribution in [0, 0.1) is 0 Å². The number of carbonyl (C=O) groups is 1. The first-order chi connectivity index (χ1) is 12.7. The standard InChI is InChI=1S/C21H14BrNO3/c22-16-3-1-15(2-4-16)13-25-17-5-6-18-19(12-17)26-20(21(18)24)11-14-7-9-23-10-8-14/h1-12H,13H2/b20-11-. The first kappa shape index (κ1) is 16.5. The van der Waals surface area contributed by atoms with Gasteiger partial charge in [0.05, 0.1) is 5.56 Å². The molecule has 128 valence electrons. The third-order valence-corrected chi connectivity index (χ3v) is 4.49. The number of pyridine rings is 1. The minimum absolute atomic E-state index is 0.128. The van der Waals surface area contributed by atoms with Gasteiger partial charge in [-0.2, -0.15) is 0 Å². The molecule has 0 fully saturated rings. The highest BCUT2D eigenvalue weighted by Gasteiger charge is 2.27. The maximum Gasteiger partial charge on any atom is 0.231 e. The smallest absolute Gasteiger partial charge is 0.231 e. The predicted octanol–water partition coefficient (Wildman–Crippen LogP) is 5.04. The van der Waals surface area contributed by atoms with E-state index in [4.69, 9.17) is 9.47 Å². The van der Waals surface area contributed by atoms with Crippen molar-refractivity contribution in [3.63, 3.8) is 0 Å². The van der Waals surface area contributed by atoms with Gasteiger partial charge in [-0.1, -0.05) is 28.1 Å². The van der Waals surface area contributed by atoms with E-state index in [1.807, 2.05) is 36.4 Å². The first-order valence-corrected chi connectivity index (χ1v) is 8.84. The van der Waals surface area contributed by atoms with Crippen molar-refractivity contribution < 1.29 is 14.3 Å². The number of halogens is 1. The summed E-state index contributed by atoms with van der Waals surface area (Å²) in [5.41, 5.74) is 2.47. The molecule has 0 atom stereocenters. The molecule has 26 heavy (non-hydrogen) atoms. The fraction of sp³-hybridized carbons (Fsp3) is 0.0476. The normalized spacial score (nSPS) is 14.2. The predicted molar refractivity (Wildman–Crippen MR) is 102 cm³/mol. The largest absolute Gasteiger partial charge is 0.489 e. The van der Waals surface area contributed by atoms with Crippen molar-refractivity contribution in [2.24, 2.45) is 0 Å². The molecule has 0 radical (unpaired) electrons. The Bertz CT molecular complexity index is 982. The zero-order chi connectivity index (χ0) is 17.9. The molecule has 0 bridgehead atoms. The molecule has 3 aromatic rings. The molecule has 0 saturated heterocycles. The van der Waals surface area contributed by atoms with Crippen LogP contribution in [0.15, 0.2) is 77.2 Å². The van der Waals surface area contributed by atoms with Crippen LogP contribution in [0.2, 0.25) is 0 Å². The number of hydrogen-bond acceptors (Lipinski definition) is 4. The van der Waals surface area contributed by atoms with Gasteiger partial charge < -0.3 is 9.47 Å². The summed E-state index contributed by atoms with van der Waals surface area (Å²) < 4.78 is 12.6. The number of carbonyl (C=O) groups excluding carboxylic acids is 1. The van der Waals surface area contributed by atoms with Crippen LogP contribution in [0.5, 0.6) is 11.5 Å². The summed E-state index contributed by atoms with van der Waals surface area (Å²) in [6.07, 6.45) is 5.06. The Morgan fingerprint density at radius 1 is 1.04 bits per heavy atom. The summed E-state index contributed by atoms with van der Waals surface area (Å²) in [6.45, 7) is 0.444. The lowest BCUT2D eigenvalue weighted by molar-refractivity contribution is 0.101. The van der Waals surface area contributed by atoms with Gasteiger partial charge in [-0.15, -0.1) is 0 Å². The van der Waals surface area contributed by atoms with Crippen molar-refractivity contribution in [2.45, 2.75) is 6.61 Å². The number of nitrogens with zero attached hydrogens (tertiary/aromatic N) is 1. The molecule has 1 aliphatic heterocycles. The number of benzene rings is 2. The molecular formula is C21H14BrNO3. The SMILES string of the molecule is O=C1/C(=C/c2ccncc2)Oc2cc(OCc3ccc(Br)cc3)ccc21. The van der Waals surface area contributed by atoms with Crippen LogP contribution >= 0.6 is 15.9 Å². The van der Waals surface area contributed by atoms with Crippen LogP contribution in [0.4, 0.5) is 0 Å². The Morgan fingerprint density at radius 3 is 2.58 bits per heavy atom. The van der Waals surface area contributed by atoms with E-state index in [9.17, 15) is 4.79 Å². The van der Waals surface area contributed by atoms with Gasteiger partial charge in [0.2, 0.25) is 5.78 Å². The fourth-order valence-corrected chi connectivity index (χ4v) is 2.88. The minimum Gasteiger partial charge on any atom is -0.489 e. The van der Waals surface area contributed by atoms with Crippen molar-refractivity contribution in [1.82, 2.24) is 4.98 Å². The summed E-state index contributed by atoms with van der Waals surface area (Å²) in [7, 11) is 0. The third-order valence-electron chi connectivity index (χ3n) is 3.96. The Kier molecular flexibility index (Phi) is 4.54. The van der Waals surface area contributed by atoms with Crippen molar-refractivity contribution in [2.75, 3.05) is 0 Å². The molecule has 4 nitrogen and oxygen atoms in total. The zero-order valence-electron chi connectivity index (χ0n) is 13.7. The van der Waals surface area contributed by atoms with Gasteiger partial charge in [-0.25, -0.2) is 0 Å². The van der Waals surface area contributed by atoms with Gasteiger partial charge >= 0.3 is 0 Å². The summed E-state index contributed by atoms with van der Waals surface area (Å²) in [5, 5.41) is 0. The fourth-order valence-electron chi connectivity index (χ4n) is 2.62. The van der Waals surface area contributed by atoms with Crippen molar-refractivity contribution in [3.8, 4) is 11.5 Å². The minimum atomic E-state index is -0.128. The summed E-state index contributed by atoms with van der Waals surface area (Å²) in [5.74, 6) is 1.35. The van der Waals surface area contributed by atoms with Crippen LogP contribution in [-0.2, 0) is 6.61 Å². The van der Waals surface area contributed by atoms with Crippen molar-refractivity contribution >= 4 is 27.8 Å². The molecule has 2 heterocycles. The number of Topliss-reactive ketones (excluding diaryl/α,β-unsaturated/α-hetero) is 1. The lowest BCUT2D eigenvalue weighted by Gasteiger charge is -2.07. The third kappa shape index (κ3) is 3.53. The van der Waals surface area contributed by atoms with Gasteiger partial charge in [-0.05, 0) is 53.6 Å². The van der Waals surface area contributed by atoms with Gasteiger partial charge in [0.1, 0.15) is 18.1 Å². The highest BCUT2D eigenvalue weighted by molar-refractivity contribution is 9.10. The summed E-state index contributed by atoms with van der Waals surface area (Å²) >= 11 is 3.41. The summed E-state index contributed by atoms with van der Waals surface area (Å²) in [4.78, 5) is 16.4. The number of hydrogen-bond donors (Lipinski definition) is 0. The van der Waals surface area contributed by atoms with Gasteiger partial charge in [0.15, 0.2) is 5.76 Å². The van der Waals surface area contributed by atoms with E-state index in [0.29, 0.717) is 29.4 Å². The van der Waals surface area contributed by atoms with Crippen LogP contribution in [0.1, 0.15) is 21.5 Å². The number of ether oxygens (including phenoxy) is 2. The molecule has 0 aliphatic carbocycles. The summed E-state index contributed by atoms with van der Waals surface area (Å²) in [6, 6.07) is 16.8. The molecule has 0 spiro atoms. The van der Waals surface area contributed by atoms with Crippen LogP contribution in [0.25, 0.3) is 6.08 Å². The molecule has 4 rings (SSSR count). The number of ketones is 1. The van der Waals surface area contributed by atoms with Gasteiger partial charge in [0, 0.05) is 22.9 Å². The van der Waals surface area contributed by atoms with Gasteiger partial charge in [-0.3, -0.25) is 9.78 Å². The molecule has 0 unspecified atom stereocenters. The van der Waals surface area contributed by atoms with Crippen molar-refractivity contribution in [3.05, 3.63) is 93.9 Å². The van der Waals surface area contributed by atoms with Crippen LogP contribution < -0.4 is 9.47 Å². The molecule has 1 aromatic heterocycles. The monoisotopic (exact) mass is 407 g/mol. The van der Waals surface area contributed by atoms with E-state index >= 15 is 0 Å². The maximum atomic E-state index is 12.5. The Morgan fingerprint density at radius 2 is 1.81 bits per heavy atom. The highest BCUT2D eigenvalue weighted by atomic mass is 79.9.